The van der Waals surface area contributed by atoms with Crippen molar-refractivity contribution in [2.24, 2.45) is 0 Å². The van der Waals surface area contributed by atoms with Crippen molar-refractivity contribution in [3.05, 3.63) is 52.1 Å². The number of carbonyl (C=O) groups is 1. The van der Waals surface area contributed by atoms with Crippen molar-refractivity contribution in [1.29, 1.82) is 0 Å². The molecule has 0 bridgehead atoms. The number of rotatable bonds is 8. The molecule has 0 saturated heterocycles. The first-order valence-electron chi connectivity index (χ1n) is 9.60. The highest BCUT2D eigenvalue weighted by Gasteiger charge is 2.27. The molecule has 7 heteroatoms. The number of pyridine rings is 1. The zero-order chi connectivity index (χ0) is 19.4. The zero-order valence-corrected chi connectivity index (χ0v) is 16.2. The first-order valence-corrected chi connectivity index (χ1v) is 9.60. The topological polar surface area (TPSA) is 80.1 Å². The number of hydrogen-bond acceptors (Lipinski definition) is 5. The highest BCUT2D eigenvalue weighted by Crippen LogP contribution is 2.38. The minimum atomic E-state index is -0.654. The predicted molar refractivity (Wildman–Crippen MR) is 105 cm³/mol. The SMILES string of the molecule is CCN(CC)c1ccc(CNC(=O)C(C)n2nc(C3CC3)ccc2=O)cn1. The Balaban J connectivity index is 1.62. The number of carbonyl (C=O) groups excluding carboxylic acids is 1. The van der Waals surface area contributed by atoms with E-state index in [1.165, 1.54) is 10.7 Å². The van der Waals surface area contributed by atoms with Gasteiger partial charge >= 0.3 is 0 Å². The maximum atomic E-state index is 12.5. The molecule has 1 unspecified atom stereocenters. The van der Waals surface area contributed by atoms with Gasteiger partial charge in [0.25, 0.3) is 5.56 Å². The van der Waals surface area contributed by atoms with Gasteiger partial charge in [0.05, 0.1) is 5.69 Å². The summed E-state index contributed by atoms with van der Waals surface area (Å²) in [5, 5.41) is 7.26. The quantitative estimate of drug-likeness (QED) is 0.772. The molecule has 2 aromatic rings. The Morgan fingerprint density at radius 2 is 2.00 bits per heavy atom. The van der Waals surface area contributed by atoms with Gasteiger partial charge in [-0.1, -0.05) is 6.07 Å². The Kier molecular flexibility index (Phi) is 5.88. The van der Waals surface area contributed by atoms with E-state index >= 15 is 0 Å². The van der Waals surface area contributed by atoms with Crippen LogP contribution in [-0.4, -0.2) is 33.8 Å². The number of nitrogens with zero attached hydrogens (tertiary/aromatic N) is 4. The van der Waals surface area contributed by atoms with Gasteiger partial charge in [0, 0.05) is 37.8 Å². The van der Waals surface area contributed by atoms with Crippen LogP contribution in [0, 0.1) is 0 Å². The Bertz CT molecular complexity index is 838. The Morgan fingerprint density at radius 3 is 2.59 bits per heavy atom. The van der Waals surface area contributed by atoms with E-state index in [0.717, 1.165) is 43.0 Å². The molecule has 1 atom stereocenters. The second kappa shape index (κ2) is 8.33. The molecule has 1 saturated carbocycles. The van der Waals surface area contributed by atoms with Crippen LogP contribution in [0.15, 0.2) is 35.3 Å². The molecule has 1 aliphatic carbocycles. The van der Waals surface area contributed by atoms with Crippen LogP contribution in [0.4, 0.5) is 5.82 Å². The summed E-state index contributed by atoms with van der Waals surface area (Å²) in [6.45, 7) is 8.05. The molecule has 1 aliphatic rings. The summed E-state index contributed by atoms with van der Waals surface area (Å²) < 4.78 is 1.28. The Hall–Kier alpha value is -2.70. The molecule has 1 fully saturated rings. The highest BCUT2D eigenvalue weighted by atomic mass is 16.2. The second-order valence-corrected chi connectivity index (χ2v) is 6.91. The van der Waals surface area contributed by atoms with Gasteiger partial charge < -0.3 is 10.2 Å². The third kappa shape index (κ3) is 4.53. The lowest BCUT2D eigenvalue weighted by Crippen LogP contribution is -2.37. The average molecular weight is 369 g/mol. The smallest absolute Gasteiger partial charge is 0.267 e. The third-order valence-electron chi connectivity index (χ3n) is 4.95. The van der Waals surface area contributed by atoms with Gasteiger partial charge in [-0.05, 0) is 51.3 Å². The molecule has 0 aliphatic heterocycles. The summed E-state index contributed by atoms with van der Waals surface area (Å²) in [4.78, 5) is 31.2. The largest absolute Gasteiger partial charge is 0.357 e. The van der Waals surface area contributed by atoms with Crippen LogP contribution in [-0.2, 0) is 11.3 Å². The molecular formula is C20H27N5O2. The van der Waals surface area contributed by atoms with Crippen molar-refractivity contribution >= 4 is 11.7 Å². The maximum Gasteiger partial charge on any atom is 0.267 e. The molecule has 27 heavy (non-hydrogen) atoms. The van der Waals surface area contributed by atoms with Gasteiger partial charge in [-0.15, -0.1) is 0 Å². The summed E-state index contributed by atoms with van der Waals surface area (Å²) in [6, 6.07) is 6.54. The van der Waals surface area contributed by atoms with Crippen LogP contribution in [0.1, 0.15) is 56.8 Å². The number of anilines is 1. The van der Waals surface area contributed by atoms with E-state index in [2.05, 4.69) is 34.1 Å². The fraction of sp³-hybridized carbons (Fsp3) is 0.500. The van der Waals surface area contributed by atoms with E-state index in [0.29, 0.717) is 12.5 Å². The van der Waals surface area contributed by atoms with Crippen LogP contribution in [0.2, 0.25) is 0 Å². The Morgan fingerprint density at radius 1 is 1.26 bits per heavy atom. The molecule has 144 valence electrons. The van der Waals surface area contributed by atoms with Crippen LogP contribution in [0.5, 0.6) is 0 Å². The first kappa shape index (κ1) is 19.1. The van der Waals surface area contributed by atoms with Gasteiger partial charge in [-0.3, -0.25) is 9.59 Å². The minimum absolute atomic E-state index is 0.231. The van der Waals surface area contributed by atoms with Crippen molar-refractivity contribution in [3.8, 4) is 0 Å². The summed E-state index contributed by atoms with van der Waals surface area (Å²) in [5.74, 6) is 1.13. The average Bonchev–Trinajstić information content (AvgIpc) is 3.53. The summed E-state index contributed by atoms with van der Waals surface area (Å²) in [7, 11) is 0. The number of hydrogen-bond donors (Lipinski definition) is 1. The lowest BCUT2D eigenvalue weighted by Gasteiger charge is -2.19. The third-order valence-corrected chi connectivity index (χ3v) is 4.95. The van der Waals surface area contributed by atoms with Crippen LogP contribution >= 0.6 is 0 Å². The number of nitrogens with one attached hydrogen (secondary N) is 1. The van der Waals surface area contributed by atoms with Crippen molar-refractivity contribution in [1.82, 2.24) is 20.1 Å². The van der Waals surface area contributed by atoms with E-state index in [4.69, 9.17) is 0 Å². The first-order chi connectivity index (χ1) is 13.0. The van der Waals surface area contributed by atoms with E-state index in [9.17, 15) is 9.59 Å². The summed E-state index contributed by atoms with van der Waals surface area (Å²) in [5.41, 5.74) is 1.55. The summed E-state index contributed by atoms with van der Waals surface area (Å²) >= 11 is 0. The lowest BCUT2D eigenvalue weighted by atomic mass is 10.2. The zero-order valence-electron chi connectivity index (χ0n) is 16.2. The summed E-state index contributed by atoms with van der Waals surface area (Å²) in [6.07, 6.45) is 3.97. The molecule has 3 rings (SSSR count). The fourth-order valence-electron chi connectivity index (χ4n) is 3.02. The van der Waals surface area contributed by atoms with Crippen molar-refractivity contribution in [2.45, 2.75) is 52.1 Å². The maximum absolute atomic E-state index is 12.5. The molecule has 1 N–H and O–H groups in total. The normalized spacial score (nSPS) is 14.6. The Labute approximate surface area is 159 Å². The number of amides is 1. The van der Waals surface area contributed by atoms with Gasteiger partial charge in [0.15, 0.2) is 0 Å². The lowest BCUT2D eigenvalue weighted by molar-refractivity contribution is -0.124. The molecular weight excluding hydrogens is 342 g/mol. The molecule has 7 nitrogen and oxygen atoms in total. The van der Waals surface area contributed by atoms with Gasteiger partial charge in [0.2, 0.25) is 5.91 Å². The molecule has 0 radical (unpaired) electrons. The fourth-order valence-corrected chi connectivity index (χ4v) is 3.02. The van der Waals surface area contributed by atoms with E-state index in [-0.39, 0.29) is 11.5 Å². The second-order valence-electron chi connectivity index (χ2n) is 6.91. The predicted octanol–water partition coefficient (Wildman–Crippen LogP) is 2.24. The molecule has 0 spiro atoms. The monoisotopic (exact) mass is 369 g/mol. The van der Waals surface area contributed by atoms with E-state index < -0.39 is 6.04 Å². The van der Waals surface area contributed by atoms with Crippen molar-refractivity contribution in [3.63, 3.8) is 0 Å². The minimum Gasteiger partial charge on any atom is -0.357 e. The van der Waals surface area contributed by atoms with Crippen LogP contribution < -0.4 is 15.8 Å². The van der Waals surface area contributed by atoms with E-state index in [1.54, 1.807) is 19.2 Å². The van der Waals surface area contributed by atoms with Gasteiger partial charge in [-0.25, -0.2) is 9.67 Å². The van der Waals surface area contributed by atoms with E-state index in [1.807, 2.05) is 12.1 Å². The number of aromatic nitrogens is 3. The van der Waals surface area contributed by atoms with Crippen LogP contribution in [0.3, 0.4) is 0 Å². The molecule has 0 aromatic carbocycles. The molecule has 1 amide bonds. The van der Waals surface area contributed by atoms with Gasteiger partial charge in [0.1, 0.15) is 11.9 Å². The van der Waals surface area contributed by atoms with Gasteiger partial charge in [-0.2, -0.15) is 5.10 Å². The molecule has 2 aromatic heterocycles. The van der Waals surface area contributed by atoms with Crippen molar-refractivity contribution < 1.29 is 4.79 Å². The molecule has 2 heterocycles. The van der Waals surface area contributed by atoms with Crippen molar-refractivity contribution in [2.75, 3.05) is 18.0 Å². The standard InChI is InChI=1S/C20H27N5O2/c1-4-24(5-2)18-10-6-15(12-21-18)13-22-20(27)14(3)25-19(26)11-9-17(23-25)16-7-8-16/h6,9-12,14,16H,4-5,7-8,13H2,1-3H3,(H,22,27). The highest BCUT2D eigenvalue weighted by molar-refractivity contribution is 5.79. The van der Waals surface area contributed by atoms with Crippen LogP contribution in [0.25, 0.3) is 0 Å².